The highest BCUT2D eigenvalue weighted by Crippen LogP contribution is 2.38. The van der Waals surface area contributed by atoms with Crippen LogP contribution >= 0.6 is 11.8 Å². The lowest BCUT2D eigenvalue weighted by atomic mass is 10.1. The van der Waals surface area contributed by atoms with Crippen molar-refractivity contribution in [2.24, 2.45) is 0 Å². The summed E-state index contributed by atoms with van der Waals surface area (Å²) in [7, 11) is 0. The molecular weight excluding hydrogens is 406 g/mol. The fourth-order valence-corrected chi connectivity index (χ4v) is 4.25. The zero-order valence-electron chi connectivity index (χ0n) is 17.5. The van der Waals surface area contributed by atoms with Crippen LogP contribution in [0, 0.1) is 6.92 Å². The van der Waals surface area contributed by atoms with Crippen molar-refractivity contribution >= 4 is 34.7 Å². The van der Waals surface area contributed by atoms with E-state index in [1.165, 1.54) is 10.5 Å². The number of thioether (sulfide) groups is 1. The minimum atomic E-state index is -0.302. The molecule has 0 bridgehead atoms. The predicted molar refractivity (Wildman–Crippen MR) is 126 cm³/mol. The van der Waals surface area contributed by atoms with Gasteiger partial charge in [0.05, 0.1) is 10.6 Å². The highest BCUT2D eigenvalue weighted by atomic mass is 32.2. The molecule has 0 N–H and O–H groups in total. The van der Waals surface area contributed by atoms with E-state index in [-0.39, 0.29) is 11.1 Å². The summed E-state index contributed by atoms with van der Waals surface area (Å²) in [6, 6.07) is 23.2. The number of para-hydroxylation sites is 2. The first kappa shape index (κ1) is 20.9. The molecule has 2 amide bonds. The first-order valence-electron chi connectivity index (χ1n) is 10.2. The van der Waals surface area contributed by atoms with E-state index in [0.29, 0.717) is 22.9 Å². The van der Waals surface area contributed by atoms with Crippen LogP contribution in [0.5, 0.6) is 5.75 Å². The van der Waals surface area contributed by atoms with Gasteiger partial charge in [-0.2, -0.15) is 0 Å². The van der Waals surface area contributed by atoms with Gasteiger partial charge < -0.3 is 4.74 Å². The van der Waals surface area contributed by atoms with Crippen LogP contribution in [0.2, 0.25) is 0 Å². The van der Waals surface area contributed by atoms with Crippen LogP contribution in [0.3, 0.4) is 0 Å². The molecule has 4 rings (SSSR count). The number of ether oxygens (including phenoxy) is 1. The number of carbonyl (C=O) groups is 2. The highest BCUT2D eigenvalue weighted by molar-refractivity contribution is 8.19. The maximum atomic E-state index is 13.1. The van der Waals surface area contributed by atoms with Gasteiger partial charge in [0, 0.05) is 5.56 Å². The van der Waals surface area contributed by atoms with Crippen LogP contribution in [0.4, 0.5) is 10.5 Å². The summed E-state index contributed by atoms with van der Waals surface area (Å²) in [4.78, 5) is 27.4. The Bertz CT molecular complexity index is 1150. The van der Waals surface area contributed by atoms with Crippen molar-refractivity contribution in [3.8, 4) is 5.75 Å². The zero-order chi connectivity index (χ0) is 21.8. The van der Waals surface area contributed by atoms with Crippen LogP contribution in [0.25, 0.3) is 6.08 Å². The zero-order valence-corrected chi connectivity index (χ0v) is 18.3. The van der Waals surface area contributed by atoms with Gasteiger partial charge in [-0.3, -0.25) is 9.59 Å². The van der Waals surface area contributed by atoms with Crippen molar-refractivity contribution in [2.45, 2.75) is 26.9 Å². The van der Waals surface area contributed by atoms with Gasteiger partial charge in [0.2, 0.25) is 0 Å². The molecule has 0 saturated carbocycles. The lowest BCUT2D eigenvalue weighted by Crippen LogP contribution is -2.28. The Hall–Kier alpha value is -3.31. The van der Waals surface area contributed by atoms with Gasteiger partial charge in [0.1, 0.15) is 12.4 Å². The number of aryl methyl sites for hydroxylation is 2. The van der Waals surface area contributed by atoms with E-state index in [1.807, 2.05) is 74.5 Å². The molecule has 3 aromatic rings. The SMILES string of the molecule is CCc1ccccc1N1C(=O)S/C(=C\c2ccccc2OCc2ccc(C)cc2)C1=O. The topological polar surface area (TPSA) is 46.6 Å². The van der Waals surface area contributed by atoms with E-state index in [4.69, 9.17) is 4.74 Å². The van der Waals surface area contributed by atoms with E-state index in [9.17, 15) is 9.59 Å². The second-order valence-electron chi connectivity index (χ2n) is 7.31. The van der Waals surface area contributed by atoms with Gasteiger partial charge in [-0.25, -0.2) is 4.90 Å². The molecule has 1 heterocycles. The Kier molecular flexibility index (Phi) is 6.23. The van der Waals surface area contributed by atoms with Crippen LogP contribution in [-0.2, 0) is 17.8 Å². The summed E-state index contributed by atoms with van der Waals surface area (Å²) in [5.74, 6) is 0.369. The van der Waals surface area contributed by atoms with E-state index < -0.39 is 0 Å². The number of carbonyl (C=O) groups excluding carboxylic acids is 2. The highest BCUT2D eigenvalue weighted by Gasteiger charge is 2.37. The van der Waals surface area contributed by atoms with Gasteiger partial charge in [0.15, 0.2) is 0 Å². The molecule has 1 saturated heterocycles. The molecule has 0 aliphatic carbocycles. The second-order valence-corrected chi connectivity index (χ2v) is 8.30. The Morgan fingerprint density at radius 2 is 1.65 bits per heavy atom. The average Bonchev–Trinajstić information content (AvgIpc) is 3.06. The first-order chi connectivity index (χ1) is 15.1. The Balaban J connectivity index is 1.58. The monoisotopic (exact) mass is 429 g/mol. The number of hydrogen-bond acceptors (Lipinski definition) is 4. The molecule has 0 aromatic heterocycles. The van der Waals surface area contributed by atoms with E-state index in [0.717, 1.165) is 34.9 Å². The van der Waals surface area contributed by atoms with Gasteiger partial charge in [-0.1, -0.05) is 73.2 Å². The summed E-state index contributed by atoms with van der Waals surface area (Å²) in [6.45, 7) is 4.48. The van der Waals surface area contributed by atoms with E-state index in [1.54, 1.807) is 6.08 Å². The molecule has 31 heavy (non-hydrogen) atoms. The third kappa shape index (κ3) is 4.57. The summed E-state index contributed by atoms with van der Waals surface area (Å²) in [5, 5.41) is -0.282. The van der Waals surface area contributed by atoms with Crippen molar-refractivity contribution in [3.63, 3.8) is 0 Å². The predicted octanol–water partition coefficient (Wildman–Crippen LogP) is 6.38. The largest absolute Gasteiger partial charge is 0.488 e. The quantitative estimate of drug-likeness (QED) is 0.427. The lowest BCUT2D eigenvalue weighted by Gasteiger charge is -2.16. The van der Waals surface area contributed by atoms with Crippen LogP contribution in [0.15, 0.2) is 77.7 Å². The number of imide groups is 1. The molecule has 0 radical (unpaired) electrons. The molecule has 156 valence electrons. The number of anilines is 1. The molecule has 0 unspecified atom stereocenters. The Morgan fingerprint density at radius 1 is 0.935 bits per heavy atom. The smallest absolute Gasteiger partial charge is 0.298 e. The average molecular weight is 430 g/mol. The summed E-state index contributed by atoms with van der Waals surface area (Å²) < 4.78 is 6.02. The van der Waals surface area contributed by atoms with Crippen molar-refractivity contribution in [2.75, 3.05) is 4.90 Å². The minimum absolute atomic E-state index is 0.282. The van der Waals surface area contributed by atoms with Crippen molar-refractivity contribution < 1.29 is 14.3 Å². The number of amides is 2. The molecule has 0 spiro atoms. The molecule has 4 nitrogen and oxygen atoms in total. The fourth-order valence-electron chi connectivity index (χ4n) is 3.42. The Morgan fingerprint density at radius 3 is 2.42 bits per heavy atom. The van der Waals surface area contributed by atoms with Crippen molar-refractivity contribution in [3.05, 3.63) is 100.0 Å². The number of benzene rings is 3. The lowest BCUT2D eigenvalue weighted by molar-refractivity contribution is -0.113. The van der Waals surface area contributed by atoms with E-state index in [2.05, 4.69) is 12.1 Å². The maximum Gasteiger partial charge on any atom is 0.298 e. The fraction of sp³-hybridized carbons (Fsp3) is 0.154. The molecule has 5 heteroatoms. The van der Waals surface area contributed by atoms with Gasteiger partial charge in [0.25, 0.3) is 11.1 Å². The van der Waals surface area contributed by atoms with Crippen molar-refractivity contribution in [1.29, 1.82) is 0 Å². The van der Waals surface area contributed by atoms with E-state index >= 15 is 0 Å². The number of nitrogens with zero attached hydrogens (tertiary/aromatic N) is 1. The second kappa shape index (κ2) is 9.23. The molecule has 1 aliphatic heterocycles. The summed E-state index contributed by atoms with van der Waals surface area (Å²) in [6.07, 6.45) is 2.48. The van der Waals surface area contributed by atoms with Gasteiger partial charge >= 0.3 is 0 Å². The molecule has 0 atom stereocenters. The molecule has 1 fully saturated rings. The maximum absolute atomic E-state index is 13.1. The number of rotatable bonds is 6. The Labute approximate surface area is 186 Å². The molecular formula is C26H23NO3S. The van der Waals surface area contributed by atoms with Gasteiger partial charge in [-0.15, -0.1) is 0 Å². The molecule has 3 aromatic carbocycles. The molecule has 1 aliphatic rings. The van der Waals surface area contributed by atoms with Crippen molar-refractivity contribution in [1.82, 2.24) is 0 Å². The normalized spacial score (nSPS) is 15.0. The van der Waals surface area contributed by atoms with Crippen LogP contribution in [-0.4, -0.2) is 11.1 Å². The summed E-state index contributed by atoms with van der Waals surface area (Å²) >= 11 is 0.958. The van der Waals surface area contributed by atoms with Crippen LogP contribution < -0.4 is 9.64 Å². The first-order valence-corrected chi connectivity index (χ1v) is 11.0. The standard InChI is InChI=1S/C26H23NO3S/c1-3-20-8-4-6-10-22(20)27-25(28)24(31-26(27)29)16-21-9-5-7-11-23(21)30-17-19-14-12-18(2)13-15-19/h4-16H,3,17H2,1-2H3/b24-16-. The minimum Gasteiger partial charge on any atom is -0.488 e. The van der Waals surface area contributed by atoms with Crippen LogP contribution in [0.1, 0.15) is 29.2 Å². The number of hydrogen-bond donors (Lipinski definition) is 0. The van der Waals surface area contributed by atoms with Gasteiger partial charge in [-0.05, 0) is 54.4 Å². The third-order valence-electron chi connectivity index (χ3n) is 5.13. The summed E-state index contributed by atoms with van der Waals surface area (Å²) in [5.41, 5.74) is 4.65. The third-order valence-corrected chi connectivity index (χ3v) is 6.00.